The van der Waals surface area contributed by atoms with Crippen LogP contribution in [0.5, 0.6) is 11.5 Å². The predicted octanol–water partition coefficient (Wildman–Crippen LogP) is 4.57. The monoisotopic (exact) mass is 384 g/mol. The summed E-state index contributed by atoms with van der Waals surface area (Å²) in [4.78, 5) is 9.12. The van der Waals surface area contributed by atoms with Crippen molar-refractivity contribution < 1.29 is 9.47 Å². The van der Waals surface area contributed by atoms with Gasteiger partial charge in [0.05, 0.1) is 38.0 Å². The highest BCUT2D eigenvalue weighted by molar-refractivity contribution is 5.85. The predicted molar refractivity (Wildman–Crippen MR) is 113 cm³/mol. The summed E-state index contributed by atoms with van der Waals surface area (Å²) in [6.07, 6.45) is 7.74. The second-order valence-electron chi connectivity index (χ2n) is 6.95. The molecule has 3 heterocycles. The van der Waals surface area contributed by atoms with Crippen LogP contribution in [0.15, 0.2) is 67.3 Å². The summed E-state index contributed by atoms with van der Waals surface area (Å²) < 4.78 is 15.0. The summed E-state index contributed by atoms with van der Waals surface area (Å²) in [6, 6.07) is 14.3. The Morgan fingerprint density at radius 2 is 1.62 bits per heavy atom. The zero-order valence-corrected chi connectivity index (χ0v) is 16.5. The van der Waals surface area contributed by atoms with Crippen LogP contribution < -0.4 is 9.47 Å². The van der Waals surface area contributed by atoms with Crippen LogP contribution in [0, 0.1) is 0 Å². The molecule has 0 fully saturated rings. The average Bonchev–Trinajstić information content (AvgIpc) is 3.36. The summed E-state index contributed by atoms with van der Waals surface area (Å²) in [5.41, 5.74) is 5.86. The summed E-state index contributed by atoms with van der Waals surface area (Å²) >= 11 is 0. The van der Waals surface area contributed by atoms with Gasteiger partial charge in [0.15, 0.2) is 5.65 Å². The van der Waals surface area contributed by atoms with Crippen molar-refractivity contribution in [1.82, 2.24) is 18.9 Å². The molecule has 2 aromatic carbocycles. The molecule has 0 N–H and O–H groups in total. The molecule has 144 valence electrons. The molecule has 0 aliphatic heterocycles. The molecule has 0 unspecified atom stereocenters. The minimum Gasteiger partial charge on any atom is -0.497 e. The van der Waals surface area contributed by atoms with E-state index in [4.69, 9.17) is 9.47 Å². The van der Waals surface area contributed by atoms with E-state index in [1.807, 2.05) is 30.6 Å². The standard InChI is InChI=1S/C23H20N4O2/c1-26-7-6-16-8-15(4-5-21(16)26)22-12-25-23-13-24-20(14-27(22)23)17-9-18(28-2)11-19(10-17)29-3/h4-14H,1-3H3. The highest BCUT2D eigenvalue weighted by Crippen LogP contribution is 2.30. The van der Waals surface area contributed by atoms with Crippen LogP contribution in [-0.2, 0) is 7.05 Å². The first-order valence-electron chi connectivity index (χ1n) is 9.28. The maximum Gasteiger partial charge on any atom is 0.155 e. The van der Waals surface area contributed by atoms with E-state index < -0.39 is 0 Å². The molecule has 5 rings (SSSR count). The Balaban J connectivity index is 1.65. The lowest BCUT2D eigenvalue weighted by molar-refractivity contribution is 0.394. The maximum atomic E-state index is 5.40. The van der Waals surface area contributed by atoms with E-state index in [1.54, 1.807) is 20.4 Å². The van der Waals surface area contributed by atoms with Gasteiger partial charge in [-0.1, -0.05) is 6.07 Å². The summed E-state index contributed by atoms with van der Waals surface area (Å²) in [7, 11) is 5.34. The van der Waals surface area contributed by atoms with Gasteiger partial charge in [0.2, 0.25) is 0 Å². The molecule has 0 aliphatic rings. The minimum atomic E-state index is 0.724. The third-order valence-corrected chi connectivity index (χ3v) is 5.22. The molecule has 0 saturated heterocycles. The zero-order valence-electron chi connectivity index (χ0n) is 16.5. The van der Waals surface area contributed by atoms with Crippen molar-refractivity contribution in [3.8, 4) is 34.0 Å². The van der Waals surface area contributed by atoms with Crippen LogP contribution in [0.2, 0.25) is 0 Å². The fourth-order valence-electron chi connectivity index (χ4n) is 3.65. The lowest BCUT2D eigenvalue weighted by atomic mass is 10.1. The van der Waals surface area contributed by atoms with Crippen LogP contribution in [0.1, 0.15) is 0 Å². The van der Waals surface area contributed by atoms with Crippen molar-refractivity contribution in [2.45, 2.75) is 0 Å². The molecule has 29 heavy (non-hydrogen) atoms. The molecule has 0 atom stereocenters. The van der Waals surface area contributed by atoms with Crippen molar-refractivity contribution in [1.29, 1.82) is 0 Å². The smallest absolute Gasteiger partial charge is 0.155 e. The quantitative estimate of drug-likeness (QED) is 0.455. The number of aryl methyl sites for hydroxylation is 1. The van der Waals surface area contributed by atoms with Gasteiger partial charge in [0, 0.05) is 47.5 Å². The molecule has 0 spiro atoms. The van der Waals surface area contributed by atoms with Gasteiger partial charge >= 0.3 is 0 Å². The Morgan fingerprint density at radius 3 is 2.38 bits per heavy atom. The van der Waals surface area contributed by atoms with Gasteiger partial charge in [-0.3, -0.25) is 9.38 Å². The SMILES string of the molecule is COc1cc(OC)cc(-c2cn3c(-c4ccc5c(ccn5C)c4)cnc3cn2)c1. The number of hydrogen-bond donors (Lipinski definition) is 0. The highest BCUT2D eigenvalue weighted by Gasteiger charge is 2.11. The van der Waals surface area contributed by atoms with Crippen LogP contribution in [0.3, 0.4) is 0 Å². The Labute approximate surface area is 168 Å². The number of aromatic nitrogens is 4. The summed E-state index contributed by atoms with van der Waals surface area (Å²) in [5, 5.41) is 1.20. The van der Waals surface area contributed by atoms with Gasteiger partial charge in [0.25, 0.3) is 0 Å². The third kappa shape index (κ3) is 2.89. The Hall–Kier alpha value is -3.80. The van der Waals surface area contributed by atoms with Crippen molar-refractivity contribution in [2.75, 3.05) is 14.2 Å². The van der Waals surface area contributed by atoms with Crippen LogP contribution in [0.25, 0.3) is 39.1 Å². The number of rotatable bonds is 4. The average molecular weight is 384 g/mol. The molecule has 0 saturated carbocycles. The van der Waals surface area contributed by atoms with Gasteiger partial charge in [-0.15, -0.1) is 0 Å². The number of benzene rings is 2. The number of methoxy groups -OCH3 is 2. The molecule has 0 aliphatic carbocycles. The maximum absolute atomic E-state index is 5.40. The van der Waals surface area contributed by atoms with E-state index in [0.29, 0.717) is 0 Å². The first-order chi connectivity index (χ1) is 14.2. The topological polar surface area (TPSA) is 53.6 Å². The molecule has 0 amide bonds. The summed E-state index contributed by atoms with van der Waals surface area (Å²) in [6.45, 7) is 0. The van der Waals surface area contributed by atoms with E-state index >= 15 is 0 Å². The van der Waals surface area contributed by atoms with Crippen LogP contribution in [-0.4, -0.2) is 33.2 Å². The third-order valence-electron chi connectivity index (χ3n) is 5.22. The molecule has 6 heteroatoms. The van der Waals surface area contributed by atoms with Crippen LogP contribution >= 0.6 is 0 Å². The van der Waals surface area contributed by atoms with Gasteiger partial charge in [-0.05, 0) is 30.3 Å². The van der Waals surface area contributed by atoms with Crippen molar-refractivity contribution >= 4 is 16.6 Å². The van der Waals surface area contributed by atoms with Crippen molar-refractivity contribution in [3.05, 3.63) is 67.3 Å². The van der Waals surface area contributed by atoms with Crippen molar-refractivity contribution in [3.63, 3.8) is 0 Å². The van der Waals surface area contributed by atoms with Gasteiger partial charge in [-0.2, -0.15) is 0 Å². The second-order valence-corrected chi connectivity index (χ2v) is 6.95. The molecular weight excluding hydrogens is 364 g/mol. The molecule has 0 bridgehead atoms. The fourth-order valence-corrected chi connectivity index (χ4v) is 3.65. The van der Waals surface area contributed by atoms with E-state index in [1.165, 1.54) is 10.9 Å². The van der Waals surface area contributed by atoms with Crippen LogP contribution in [0.4, 0.5) is 0 Å². The zero-order chi connectivity index (χ0) is 20.0. The first kappa shape index (κ1) is 17.3. The molecule has 3 aromatic heterocycles. The van der Waals surface area contributed by atoms with E-state index in [0.717, 1.165) is 39.7 Å². The largest absolute Gasteiger partial charge is 0.497 e. The second kappa shape index (κ2) is 6.67. The van der Waals surface area contributed by atoms with Gasteiger partial charge < -0.3 is 14.0 Å². The fraction of sp³-hybridized carbons (Fsp3) is 0.130. The highest BCUT2D eigenvalue weighted by atomic mass is 16.5. The Kier molecular flexibility index (Phi) is 3.98. The minimum absolute atomic E-state index is 0.724. The van der Waals surface area contributed by atoms with E-state index in [2.05, 4.69) is 56.4 Å². The normalized spacial score (nSPS) is 11.3. The van der Waals surface area contributed by atoms with E-state index in [9.17, 15) is 0 Å². The van der Waals surface area contributed by atoms with Gasteiger partial charge in [0.1, 0.15) is 11.5 Å². The number of ether oxygens (including phenoxy) is 2. The lowest BCUT2D eigenvalue weighted by Crippen LogP contribution is -1.94. The lowest BCUT2D eigenvalue weighted by Gasteiger charge is -2.09. The number of nitrogens with zero attached hydrogens (tertiary/aromatic N) is 4. The summed E-state index contributed by atoms with van der Waals surface area (Å²) in [5.74, 6) is 1.45. The molecule has 0 radical (unpaired) electrons. The molecule has 6 nitrogen and oxygen atoms in total. The molecular formula is C23H20N4O2. The Bertz CT molecular complexity index is 1330. The Morgan fingerprint density at radius 1 is 0.828 bits per heavy atom. The number of hydrogen-bond acceptors (Lipinski definition) is 4. The number of imidazole rings is 1. The van der Waals surface area contributed by atoms with Crippen molar-refractivity contribution in [2.24, 2.45) is 7.05 Å². The van der Waals surface area contributed by atoms with E-state index in [-0.39, 0.29) is 0 Å². The first-order valence-corrected chi connectivity index (χ1v) is 9.28. The van der Waals surface area contributed by atoms with Gasteiger partial charge in [-0.25, -0.2) is 4.98 Å². The molecule has 5 aromatic rings. The number of fused-ring (bicyclic) bond motifs is 2.